The maximum atomic E-state index is 10.2. The van der Waals surface area contributed by atoms with Gasteiger partial charge in [0.15, 0.2) is 0 Å². The summed E-state index contributed by atoms with van der Waals surface area (Å²) in [6.45, 7) is 16.9. The molecule has 0 saturated carbocycles. The Labute approximate surface area is 434 Å². The molecule has 0 atom stereocenters. The summed E-state index contributed by atoms with van der Waals surface area (Å²) in [7, 11) is 0. The third kappa shape index (κ3) is 12.8. The Morgan fingerprint density at radius 2 is 0.803 bits per heavy atom. The van der Waals surface area contributed by atoms with Crippen LogP contribution in [0.15, 0.2) is 165 Å². The Bertz CT molecular complexity index is 2600. The van der Waals surface area contributed by atoms with E-state index in [2.05, 4.69) is 91.2 Å². The van der Waals surface area contributed by atoms with Crippen molar-refractivity contribution in [2.24, 2.45) is 0 Å². The van der Waals surface area contributed by atoms with E-state index >= 15 is 0 Å². The molecule has 0 N–H and O–H groups in total. The van der Waals surface area contributed by atoms with E-state index in [1.165, 1.54) is 0 Å². The average molecular weight is 1110 g/mol. The summed E-state index contributed by atoms with van der Waals surface area (Å²) in [5.74, 6) is 0. The minimum Gasteiger partial charge on any atom is -0.501 e. The molecule has 3 heterocycles. The summed E-state index contributed by atoms with van der Waals surface area (Å²) >= 11 is 0. The van der Waals surface area contributed by atoms with Crippen LogP contribution in [0.1, 0.15) is 66.3 Å². The number of hydrogen-bond donors (Lipinski definition) is 0. The van der Waals surface area contributed by atoms with Gasteiger partial charge in [-0.3, -0.25) is 4.85 Å². The molecule has 6 aromatic rings. The van der Waals surface area contributed by atoms with Gasteiger partial charge in [0.25, 0.3) is 0 Å². The number of para-hydroxylation sites is 3. The first kappa shape index (κ1) is 49.8. The van der Waals surface area contributed by atoms with E-state index in [0.717, 1.165) is 128 Å². The Hall–Kier alpha value is -7.58. The summed E-state index contributed by atoms with van der Waals surface area (Å²) in [6, 6.07) is 57.5. The predicted molar refractivity (Wildman–Crippen MR) is 281 cm³/mol. The van der Waals surface area contributed by atoms with Crippen LogP contribution in [0.5, 0.6) is 0 Å². The first-order chi connectivity index (χ1) is 34.5. The third-order valence-corrected chi connectivity index (χ3v) is 12.8. The zero-order valence-corrected chi connectivity index (χ0v) is 42.0. The van der Waals surface area contributed by atoms with Gasteiger partial charge in [-0.2, -0.15) is 52.5 Å². The normalized spacial score (nSPS) is 13.8. The SMILES string of the molecule is [C-]#[N+]c1cc(N2C=CN(c3ccccc3)[CH-]2)[c-]cc1CCCCN(CCCCc1c[c-]c(N2C=CN(c3ccccc3)[CH-]2)cc1C#N)CCCCc1c[c-]c(N2C=CN(c3ccccc3)[CH-]2)cc1C#N.[Ir]. The minimum atomic E-state index is 0. The number of nitrogens with zero attached hydrogens (tertiary/aromatic N) is 10. The van der Waals surface area contributed by atoms with E-state index < -0.39 is 0 Å². The van der Waals surface area contributed by atoms with E-state index in [1.54, 1.807) is 0 Å². The van der Waals surface area contributed by atoms with Gasteiger partial charge in [0, 0.05) is 37.2 Å². The first-order valence-electron chi connectivity index (χ1n) is 24.0. The van der Waals surface area contributed by atoms with Crippen molar-refractivity contribution in [3.8, 4) is 12.1 Å². The molecule has 359 valence electrons. The van der Waals surface area contributed by atoms with Crippen molar-refractivity contribution >= 4 is 39.8 Å². The van der Waals surface area contributed by atoms with Crippen molar-refractivity contribution in [3.63, 3.8) is 0 Å². The zero-order chi connectivity index (χ0) is 47.9. The molecular weight excluding hydrogens is 1050 g/mol. The zero-order valence-electron chi connectivity index (χ0n) is 39.6. The molecule has 71 heavy (non-hydrogen) atoms. The second-order valence-electron chi connectivity index (χ2n) is 17.5. The second-order valence-corrected chi connectivity index (χ2v) is 17.5. The van der Waals surface area contributed by atoms with Crippen LogP contribution in [0, 0.1) is 67.4 Å². The van der Waals surface area contributed by atoms with E-state index in [0.29, 0.717) is 16.8 Å². The van der Waals surface area contributed by atoms with Crippen molar-refractivity contribution in [3.05, 3.63) is 242 Å². The molecule has 0 bridgehead atoms. The number of hydrogen-bond acceptors (Lipinski definition) is 9. The van der Waals surface area contributed by atoms with Crippen LogP contribution in [-0.4, -0.2) is 24.5 Å². The number of rotatable bonds is 21. The van der Waals surface area contributed by atoms with Gasteiger partial charge in [-0.15, -0.1) is 66.4 Å². The molecule has 0 aromatic heterocycles. The Morgan fingerprint density at radius 3 is 1.17 bits per heavy atom. The largest absolute Gasteiger partial charge is 0.501 e. The van der Waals surface area contributed by atoms with E-state index in [-0.39, 0.29) is 20.1 Å². The van der Waals surface area contributed by atoms with Crippen LogP contribution < -0.4 is 29.4 Å². The standard InChI is InChI=1S/C60H54N10.Ir/c1-63-60-43-59(70-40-37-67(48-70)56-24-9-4-10-25-56)31-28-51(60)19-13-16-34-64(32-14-11-17-49-26-29-57(41-52(49)44-61)68-38-35-65(46-68)54-20-5-2-6-21-54)33-15-12-18-50-27-30-58(42-53(50)45-62)69-39-36-66(47-69)55-22-7-3-8-23-55;/h2-10,20-28,35-43,46-48H,11-19,32-34H2;/q-6;. The van der Waals surface area contributed by atoms with Crippen LogP contribution in [0.3, 0.4) is 0 Å². The van der Waals surface area contributed by atoms with E-state index in [1.807, 2.05) is 163 Å². The molecule has 3 aliphatic heterocycles. The number of anilines is 6. The molecule has 0 unspecified atom stereocenters. The van der Waals surface area contributed by atoms with Crippen molar-refractivity contribution in [1.29, 1.82) is 10.5 Å². The van der Waals surface area contributed by atoms with Gasteiger partial charge < -0.3 is 34.3 Å². The summed E-state index contributed by atoms with van der Waals surface area (Å²) in [5, 5.41) is 20.3. The van der Waals surface area contributed by atoms with Crippen LogP contribution in [0.2, 0.25) is 0 Å². The topological polar surface area (TPSA) is 74.6 Å². The minimum absolute atomic E-state index is 0. The van der Waals surface area contributed by atoms with Gasteiger partial charge in [-0.1, -0.05) is 104 Å². The average Bonchev–Trinajstić information content (AvgIpc) is 4.24. The quantitative estimate of drug-likeness (QED) is 0.0517. The smallest absolute Gasteiger partial charge is 0.0899 e. The number of aryl methyl sites for hydroxylation is 3. The van der Waals surface area contributed by atoms with Crippen molar-refractivity contribution in [2.75, 3.05) is 49.0 Å². The van der Waals surface area contributed by atoms with Gasteiger partial charge in [-0.05, 0) is 112 Å². The molecule has 1 radical (unpaired) electrons. The molecule has 0 saturated heterocycles. The van der Waals surface area contributed by atoms with Crippen LogP contribution in [-0.2, 0) is 39.4 Å². The number of nitriles is 2. The number of unbranched alkanes of at least 4 members (excludes halogenated alkanes) is 3. The summed E-state index contributed by atoms with van der Waals surface area (Å²) in [5.41, 5.74) is 10.8. The van der Waals surface area contributed by atoms with Crippen LogP contribution >= 0.6 is 0 Å². The fourth-order valence-corrected chi connectivity index (χ4v) is 8.93. The van der Waals surface area contributed by atoms with Crippen molar-refractivity contribution in [1.82, 2.24) is 4.90 Å². The van der Waals surface area contributed by atoms with Crippen molar-refractivity contribution < 1.29 is 20.1 Å². The third-order valence-electron chi connectivity index (χ3n) is 12.8. The second kappa shape index (κ2) is 24.8. The Morgan fingerprint density at radius 1 is 0.465 bits per heavy atom. The molecule has 11 heteroatoms. The Balaban J connectivity index is 0.00000676. The van der Waals surface area contributed by atoms with E-state index in [9.17, 15) is 10.5 Å². The fourth-order valence-electron chi connectivity index (χ4n) is 8.93. The molecule has 0 aliphatic carbocycles. The number of benzene rings is 6. The molecule has 3 aliphatic rings. The fraction of sp³-hybridized carbons (Fsp3) is 0.200. The summed E-state index contributed by atoms with van der Waals surface area (Å²) < 4.78 is 0. The molecular formula is C60H54IrN10-6. The Kier molecular flexibility index (Phi) is 17.4. The van der Waals surface area contributed by atoms with Gasteiger partial charge in [0.05, 0.1) is 24.4 Å². The summed E-state index contributed by atoms with van der Waals surface area (Å²) in [4.78, 5) is 18.6. The maximum absolute atomic E-state index is 10.2. The molecule has 0 amide bonds. The van der Waals surface area contributed by atoms with E-state index in [4.69, 9.17) is 6.57 Å². The molecule has 9 rings (SSSR count). The van der Waals surface area contributed by atoms with Gasteiger partial charge in [0.1, 0.15) is 0 Å². The molecule has 0 spiro atoms. The molecule has 6 aromatic carbocycles. The van der Waals surface area contributed by atoms with Crippen molar-refractivity contribution in [2.45, 2.75) is 57.8 Å². The maximum Gasteiger partial charge on any atom is 0.0899 e. The van der Waals surface area contributed by atoms with Gasteiger partial charge >= 0.3 is 0 Å². The monoisotopic (exact) mass is 1110 g/mol. The van der Waals surface area contributed by atoms with Gasteiger partial charge in [-0.25, -0.2) is 0 Å². The summed E-state index contributed by atoms with van der Waals surface area (Å²) in [6.07, 6.45) is 20.3. The van der Waals surface area contributed by atoms with Gasteiger partial charge in [0.2, 0.25) is 0 Å². The predicted octanol–water partition coefficient (Wildman–Crippen LogP) is 12.8. The van der Waals surface area contributed by atoms with Crippen LogP contribution in [0.4, 0.5) is 39.8 Å². The first-order valence-corrected chi connectivity index (χ1v) is 24.0. The molecule has 10 nitrogen and oxygen atoms in total. The molecule has 0 fully saturated rings. The van der Waals surface area contributed by atoms with Crippen LogP contribution in [0.25, 0.3) is 4.85 Å².